The third kappa shape index (κ3) is 4.05. The van der Waals surface area contributed by atoms with Gasteiger partial charge in [0.25, 0.3) is 0 Å². The molecule has 5 nitrogen and oxygen atoms in total. The Morgan fingerprint density at radius 3 is 2.94 bits per heavy atom. The predicted molar refractivity (Wildman–Crippen MR) is 76.7 cm³/mol. The van der Waals surface area contributed by atoms with Gasteiger partial charge in [0.15, 0.2) is 16.6 Å². The lowest BCUT2D eigenvalue weighted by Crippen LogP contribution is -2.31. The zero-order valence-corrected chi connectivity index (χ0v) is 11.6. The first-order valence-corrected chi connectivity index (χ1v) is 6.00. The maximum Gasteiger partial charge on any atom is 0.186 e. The van der Waals surface area contributed by atoms with E-state index in [4.69, 9.17) is 28.6 Å². The molecule has 98 valence electrons. The number of hydrazone groups is 1. The van der Waals surface area contributed by atoms with Gasteiger partial charge in [-0.3, -0.25) is 5.43 Å². The van der Waals surface area contributed by atoms with Gasteiger partial charge in [-0.2, -0.15) is 5.10 Å². The van der Waals surface area contributed by atoms with Gasteiger partial charge in [-0.1, -0.05) is 11.6 Å². The fourth-order valence-corrected chi connectivity index (χ4v) is 1.62. The van der Waals surface area contributed by atoms with Crippen molar-refractivity contribution in [3.63, 3.8) is 0 Å². The van der Waals surface area contributed by atoms with E-state index in [0.717, 1.165) is 0 Å². The molecule has 0 aliphatic carbocycles. The molecule has 0 atom stereocenters. The molecule has 0 saturated heterocycles. The van der Waals surface area contributed by atoms with Crippen molar-refractivity contribution in [2.45, 2.75) is 6.92 Å². The molecular weight excluding hydrogens is 274 g/mol. The largest absolute Gasteiger partial charge is 0.504 e. The number of methoxy groups -OCH3 is 1. The molecule has 0 radical (unpaired) electrons. The van der Waals surface area contributed by atoms with E-state index < -0.39 is 0 Å². The Balaban J connectivity index is 2.81. The summed E-state index contributed by atoms with van der Waals surface area (Å²) >= 11 is 10.8. The van der Waals surface area contributed by atoms with Crippen LogP contribution in [-0.4, -0.2) is 30.1 Å². The molecule has 0 fully saturated rings. The van der Waals surface area contributed by atoms with Crippen LogP contribution < -0.4 is 15.5 Å². The molecule has 0 unspecified atom stereocenters. The van der Waals surface area contributed by atoms with Gasteiger partial charge in [-0.15, -0.1) is 0 Å². The van der Waals surface area contributed by atoms with Crippen LogP contribution in [0.5, 0.6) is 11.5 Å². The number of aromatic hydroxyl groups is 1. The maximum absolute atomic E-state index is 9.83. The highest BCUT2D eigenvalue weighted by Crippen LogP contribution is 2.32. The molecule has 0 spiro atoms. The van der Waals surface area contributed by atoms with Crippen molar-refractivity contribution >= 4 is 35.1 Å². The Morgan fingerprint density at radius 2 is 2.33 bits per heavy atom. The molecule has 3 N–H and O–H groups in total. The van der Waals surface area contributed by atoms with E-state index in [9.17, 15) is 5.11 Å². The number of ether oxygens (including phenoxy) is 1. The van der Waals surface area contributed by atoms with Crippen LogP contribution in [0.4, 0.5) is 0 Å². The smallest absolute Gasteiger partial charge is 0.186 e. The van der Waals surface area contributed by atoms with Crippen LogP contribution >= 0.6 is 23.8 Å². The van der Waals surface area contributed by atoms with Crippen LogP contribution in [0.25, 0.3) is 0 Å². The lowest BCUT2D eigenvalue weighted by molar-refractivity contribution is 0.373. The average Bonchev–Trinajstić information content (AvgIpc) is 2.33. The first-order chi connectivity index (χ1) is 8.58. The monoisotopic (exact) mass is 287 g/mol. The van der Waals surface area contributed by atoms with Crippen molar-refractivity contribution in [2.24, 2.45) is 5.10 Å². The van der Waals surface area contributed by atoms with Crippen molar-refractivity contribution in [1.29, 1.82) is 0 Å². The van der Waals surface area contributed by atoms with Gasteiger partial charge < -0.3 is 15.2 Å². The minimum atomic E-state index is -0.0261. The number of halogens is 1. The zero-order chi connectivity index (χ0) is 13.5. The number of phenolic OH excluding ortho intramolecular Hbond substituents is 1. The van der Waals surface area contributed by atoms with Crippen molar-refractivity contribution < 1.29 is 9.84 Å². The summed E-state index contributed by atoms with van der Waals surface area (Å²) in [5, 5.41) is 17.4. The minimum Gasteiger partial charge on any atom is -0.504 e. The van der Waals surface area contributed by atoms with Crippen LogP contribution in [0.2, 0.25) is 5.02 Å². The summed E-state index contributed by atoms with van der Waals surface area (Å²) in [5.41, 5.74) is 3.05. The summed E-state index contributed by atoms with van der Waals surface area (Å²) in [5.74, 6) is 0.264. The Hall–Kier alpha value is -1.53. The van der Waals surface area contributed by atoms with Crippen LogP contribution in [0.3, 0.4) is 0 Å². The number of benzene rings is 1. The number of phenols is 1. The second-order valence-corrected chi connectivity index (χ2v) is 4.12. The standard InChI is InChI=1S/C11H14ClN3O2S/c1-3-13-11(18)15-14-6-7-4-8(12)5-9(17-2)10(7)16/h4-6,16H,3H2,1-2H3,(H2,13,15,18). The molecule has 0 aliphatic heterocycles. The number of nitrogens with zero attached hydrogens (tertiary/aromatic N) is 1. The lowest BCUT2D eigenvalue weighted by atomic mass is 10.2. The van der Waals surface area contributed by atoms with Crippen molar-refractivity contribution in [3.8, 4) is 11.5 Å². The summed E-state index contributed by atoms with van der Waals surface area (Å²) in [4.78, 5) is 0. The van der Waals surface area contributed by atoms with Crippen LogP contribution in [0.15, 0.2) is 17.2 Å². The Bertz CT molecular complexity index is 466. The SMILES string of the molecule is CCNC(=S)NN=Cc1cc(Cl)cc(OC)c1O. The van der Waals surface area contributed by atoms with Crippen LogP contribution in [0, 0.1) is 0 Å². The molecule has 1 aromatic carbocycles. The molecule has 0 bridgehead atoms. The van der Waals surface area contributed by atoms with Gasteiger partial charge >= 0.3 is 0 Å². The second-order valence-electron chi connectivity index (χ2n) is 3.28. The van der Waals surface area contributed by atoms with Crippen molar-refractivity contribution in [2.75, 3.05) is 13.7 Å². The number of thiocarbonyl (C=S) groups is 1. The quantitative estimate of drug-likeness (QED) is 0.448. The third-order valence-electron chi connectivity index (χ3n) is 2.00. The predicted octanol–water partition coefficient (Wildman–Crippen LogP) is 1.87. The van der Waals surface area contributed by atoms with Crippen LogP contribution in [-0.2, 0) is 0 Å². The fraction of sp³-hybridized carbons (Fsp3) is 0.273. The van der Waals surface area contributed by atoms with Gasteiger partial charge in [0.05, 0.1) is 13.3 Å². The van der Waals surface area contributed by atoms with E-state index in [-0.39, 0.29) is 5.75 Å². The number of hydrogen-bond acceptors (Lipinski definition) is 4. The average molecular weight is 288 g/mol. The summed E-state index contributed by atoms with van der Waals surface area (Å²) in [6.07, 6.45) is 1.41. The summed E-state index contributed by atoms with van der Waals surface area (Å²) in [6, 6.07) is 3.09. The Kier molecular flexibility index (Phi) is 5.67. The summed E-state index contributed by atoms with van der Waals surface area (Å²) < 4.78 is 4.98. The first kappa shape index (κ1) is 14.5. The molecule has 0 aromatic heterocycles. The molecule has 0 amide bonds. The third-order valence-corrected chi connectivity index (χ3v) is 2.45. The molecule has 0 saturated carbocycles. The van der Waals surface area contributed by atoms with Gasteiger partial charge in [-0.25, -0.2) is 0 Å². The van der Waals surface area contributed by atoms with Gasteiger partial charge in [0.2, 0.25) is 0 Å². The van der Waals surface area contributed by atoms with E-state index in [1.807, 2.05) is 6.92 Å². The summed E-state index contributed by atoms with van der Waals surface area (Å²) in [7, 11) is 1.45. The Labute approximate surface area is 116 Å². The van der Waals surface area contributed by atoms with E-state index in [2.05, 4.69) is 15.8 Å². The molecule has 0 heterocycles. The van der Waals surface area contributed by atoms with Crippen LogP contribution in [0.1, 0.15) is 12.5 Å². The molecular formula is C11H14ClN3O2S. The van der Waals surface area contributed by atoms with Gasteiger partial charge in [0.1, 0.15) is 0 Å². The fourth-order valence-electron chi connectivity index (χ4n) is 1.21. The summed E-state index contributed by atoms with van der Waals surface area (Å²) in [6.45, 7) is 2.63. The highest BCUT2D eigenvalue weighted by molar-refractivity contribution is 7.80. The highest BCUT2D eigenvalue weighted by Gasteiger charge is 2.08. The second kappa shape index (κ2) is 7.03. The number of hydrogen-bond donors (Lipinski definition) is 3. The zero-order valence-electron chi connectivity index (χ0n) is 10.0. The van der Waals surface area contributed by atoms with E-state index >= 15 is 0 Å². The molecule has 1 aromatic rings. The van der Waals surface area contributed by atoms with E-state index in [0.29, 0.717) is 28.0 Å². The molecule has 0 aliphatic rings. The maximum atomic E-state index is 9.83. The van der Waals surface area contributed by atoms with Gasteiger partial charge in [-0.05, 0) is 25.2 Å². The number of nitrogens with one attached hydrogen (secondary N) is 2. The minimum absolute atomic E-state index is 0.0261. The Morgan fingerprint density at radius 1 is 1.61 bits per heavy atom. The highest BCUT2D eigenvalue weighted by atomic mass is 35.5. The lowest BCUT2D eigenvalue weighted by Gasteiger charge is -2.07. The van der Waals surface area contributed by atoms with E-state index in [1.165, 1.54) is 19.4 Å². The molecule has 7 heteroatoms. The van der Waals surface area contributed by atoms with Crippen molar-refractivity contribution in [3.05, 3.63) is 22.7 Å². The first-order valence-electron chi connectivity index (χ1n) is 5.21. The van der Waals surface area contributed by atoms with E-state index in [1.54, 1.807) is 6.07 Å². The number of rotatable bonds is 4. The topological polar surface area (TPSA) is 65.9 Å². The molecule has 1 rings (SSSR count). The molecule has 18 heavy (non-hydrogen) atoms. The van der Waals surface area contributed by atoms with Crippen molar-refractivity contribution in [1.82, 2.24) is 10.7 Å². The van der Waals surface area contributed by atoms with Gasteiger partial charge in [0, 0.05) is 23.2 Å². The normalized spacial score (nSPS) is 10.4.